The minimum absolute atomic E-state index is 0.0275. The normalized spacial score (nSPS) is 15.1. The van der Waals surface area contributed by atoms with Gasteiger partial charge in [-0.15, -0.1) is 0 Å². The van der Waals surface area contributed by atoms with Gasteiger partial charge in [-0.3, -0.25) is 4.79 Å². The van der Waals surface area contributed by atoms with Gasteiger partial charge in [0.2, 0.25) is 0 Å². The fraction of sp³-hybridized carbons (Fsp3) is 0.316. The topological polar surface area (TPSA) is 55.6 Å². The molecule has 2 aromatic carbocycles. The Bertz CT molecular complexity index is 710. The molecule has 3 rings (SSSR count). The molecule has 4 nitrogen and oxygen atoms in total. The molecule has 1 aliphatic heterocycles. The van der Waals surface area contributed by atoms with Crippen LogP contribution in [0.1, 0.15) is 36.1 Å². The van der Waals surface area contributed by atoms with Gasteiger partial charge in [0.1, 0.15) is 5.75 Å². The number of anilines is 1. The predicted octanol–water partition coefficient (Wildman–Crippen LogP) is 3.33. The van der Waals surface area contributed by atoms with Crippen molar-refractivity contribution >= 4 is 11.6 Å². The second-order valence-corrected chi connectivity index (χ2v) is 6.00. The molecule has 0 saturated carbocycles. The van der Waals surface area contributed by atoms with Crippen LogP contribution < -0.4 is 15.4 Å². The van der Waals surface area contributed by atoms with E-state index in [0.717, 1.165) is 29.0 Å². The van der Waals surface area contributed by atoms with Crippen molar-refractivity contribution in [2.24, 2.45) is 5.73 Å². The standard InChI is InChI=1S/C19H22N2O2/c1-3-16(20)15-8-9-18-17(10-15)21(19(22)12-23-18)11-14-6-4-13(2)5-7-14/h4-10,16H,3,11-12,20H2,1-2H3. The highest BCUT2D eigenvalue weighted by atomic mass is 16.5. The largest absolute Gasteiger partial charge is 0.482 e. The van der Waals surface area contributed by atoms with E-state index in [9.17, 15) is 4.79 Å². The van der Waals surface area contributed by atoms with E-state index in [1.54, 1.807) is 4.90 Å². The Kier molecular flexibility index (Phi) is 4.35. The predicted molar refractivity (Wildman–Crippen MR) is 91.5 cm³/mol. The van der Waals surface area contributed by atoms with Crippen LogP contribution in [-0.2, 0) is 11.3 Å². The van der Waals surface area contributed by atoms with Crippen LogP contribution in [0.25, 0.3) is 0 Å². The highest BCUT2D eigenvalue weighted by molar-refractivity contribution is 5.97. The average Bonchev–Trinajstić information content (AvgIpc) is 2.58. The monoisotopic (exact) mass is 310 g/mol. The van der Waals surface area contributed by atoms with E-state index in [-0.39, 0.29) is 18.6 Å². The van der Waals surface area contributed by atoms with Crippen LogP contribution in [0.3, 0.4) is 0 Å². The molecule has 120 valence electrons. The number of hydrogen-bond acceptors (Lipinski definition) is 3. The second-order valence-electron chi connectivity index (χ2n) is 6.00. The number of nitrogens with zero attached hydrogens (tertiary/aromatic N) is 1. The molecule has 2 aromatic rings. The minimum Gasteiger partial charge on any atom is -0.482 e. The summed E-state index contributed by atoms with van der Waals surface area (Å²) < 4.78 is 5.56. The van der Waals surface area contributed by atoms with Gasteiger partial charge in [-0.1, -0.05) is 42.8 Å². The van der Waals surface area contributed by atoms with Crippen molar-refractivity contribution < 1.29 is 9.53 Å². The van der Waals surface area contributed by atoms with E-state index in [0.29, 0.717) is 6.54 Å². The van der Waals surface area contributed by atoms with E-state index >= 15 is 0 Å². The maximum Gasteiger partial charge on any atom is 0.265 e. The summed E-state index contributed by atoms with van der Waals surface area (Å²) in [5, 5.41) is 0. The Morgan fingerprint density at radius 2 is 1.96 bits per heavy atom. The zero-order chi connectivity index (χ0) is 16.4. The molecule has 23 heavy (non-hydrogen) atoms. The molecular weight excluding hydrogens is 288 g/mol. The van der Waals surface area contributed by atoms with Gasteiger partial charge in [-0.05, 0) is 36.6 Å². The first-order chi connectivity index (χ1) is 11.1. The summed E-state index contributed by atoms with van der Waals surface area (Å²) in [5.74, 6) is 0.712. The smallest absolute Gasteiger partial charge is 0.265 e. The third kappa shape index (κ3) is 3.22. The molecule has 0 spiro atoms. The van der Waals surface area contributed by atoms with E-state index in [2.05, 4.69) is 38.1 Å². The molecular formula is C19H22N2O2. The van der Waals surface area contributed by atoms with E-state index in [1.807, 2.05) is 18.2 Å². The van der Waals surface area contributed by atoms with Gasteiger partial charge >= 0.3 is 0 Å². The van der Waals surface area contributed by atoms with Crippen LogP contribution in [0.2, 0.25) is 0 Å². The summed E-state index contributed by atoms with van der Waals surface area (Å²) in [6.45, 7) is 4.73. The summed E-state index contributed by atoms with van der Waals surface area (Å²) in [6.07, 6.45) is 0.853. The van der Waals surface area contributed by atoms with Crippen molar-refractivity contribution in [3.8, 4) is 5.75 Å². The average molecular weight is 310 g/mol. The highest BCUT2D eigenvalue weighted by Crippen LogP contribution is 2.35. The summed E-state index contributed by atoms with van der Waals surface area (Å²) in [6, 6.07) is 14.1. The summed E-state index contributed by atoms with van der Waals surface area (Å²) >= 11 is 0. The van der Waals surface area contributed by atoms with Gasteiger partial charge < -0.3 is 15.4 Å². The number of nitrogens with two attached hydrogens (primary N) is 1. The molecule has 0 saturated heterocycles. The zero-order valence-electron chi connectivity index (χ0n) is 13.6. The van der Waals surface area contributed by atoms with Crippen molar-refractivity contribution in [1.29, 1.82) is 0 Å². The first-order valence-electron chi connectivity index (χ1n) is 7.96. The fourth-order valence-corrected chi connectivity index (χ4v) is 2.73. The van der Waals surface area contributed by atoms with Crippen LogP contribution >= 0.6 is 0 Å². The van der Waals surface area contributed by atoms with Crippen LogP contribution in [0.4, 0.5) is 5.69 Å². The van der Waals surface area contributed by atoms with Crippen LogP contribution in [0, 0.1) is 6.92 Å². The van der Waals surface area contributed by atoms with E-state index in [4.69, 9.17) is 10.5 Å². The summed E-state index contributed by atoms with van der Waals surface area (Å²) in [5.41, 5.74) is 10.3. The van der Waals surface area contributed by atoms with Crippen LogP contribution in [-0.4, -0.2) is 12.5 Å². The molecule has 1 heterocycles. The number of hydrogen-bond donors (Lipinski definition) is 1. The van der Waals surface area contributed by atoms with Crippen LogP contribution in [0.5, 0.6) is 5.75 Å². The molecule has 2 N–H and O–H groups in total. The molecule has 0 radical (unpaired) electrons. The molecule has 0 fully saturated rings. The van der Waals surface area contributed by atoms with Crippen molar-refractivity contribution in [3.05, 3.63) is 59.2 Å². The quantitative estimate of drug-likeness (QED) is 0.942. The second kappa shape index (κ2) is 6.42. The first kappa shape index (κ1) is 15.6. The number of ether oxygens (including phenoxy) is 1. The Hall–Kier alpha value is -2.33. The van der Waals surface area contributed by atoms with Gasteiger partial charge in [-0.2, -0.15) is 0 Å². The zero-order valence-corrected chi connectivity index (χ0v) is 13.6. The van der Waals surface area contributed by atoms with Gasteiger partial charge in [0, 0.05) is 6.04 Å². The number of carbonyl (C=O) groups excluding carboxylic acids is 1. The lowest BCUT2D eigenvalue weighted by Crippen LogP contribution is -2.38. The van der Waals surface area contributed by atoms with Gasteiger partial charge in [0.25, 0.3) is 5.91 Å². The summed E-state index contributed by atoms with van der Waals surface area (Å²) in [7, 11) is 0. The molecule has 0 aliphatic carbocycles. The molecule has 0 aromatic heterocycles. The van der Waals surface area contributed by atoms with Gasteiger partial charge in [-0.25, -0.2) is 0 Å². The lowest BCUT2D eigenvalue weighted by Gasteiger charge is -2.30. The number of rotatable bonds is 4. The van der Waals surface area contributed by atoms with Gasteiger partial charge in [0.15, 0.2) is 6.61 Å². The third-order valence-corrected chi connectivity index (χ3v) is 4.26. The van der Waals surface area contributed by atoms with Crippen molar-refractivity contribution in [1.82, 2.24) is 0 Å². The molecule has 1 unspecified atom stereocenters. The van der Waals surface area contributed by atoms with Crippen molar-refractivity contribution in [3.63, 3.8) is 0 Å². The highest BCUT2D eigenvalue weighted by Gasteiger charge is 2.26. The Labute approximate surface area is 136 Å². The van der Waals surface area contributed by atoms with Crippen molar-refractivity contribution in [2.75, 3.05) is 11.5 Å². The Morgan fingerprint density at radius 1 is 1.22 bits per heavy atom. The number of carbonyl (C=O) groups is 1. The van der Waals surface area contributed by atoms with Crippen LogP contribution in [0.15, 0.2) is 42.5 Å². The third-order valence-electron chi connectivity index (χ3n) is 4.26. The molecule has 0 bridgehead atoms. The number of benzene rings is 2. The Balaban J connectivity index is 1.94. The maximum atomic E-state index is 12.3. The first-order valence-corrected chi connectivity index (χ1v) is 7.96. The molecule has 1 atom stereocenters. The van der Waals surface area contributed by atoms with Crippen molar-refractivity contribution in [2.45, 2.75) is 32.9 Å². The molecule has 4 heteroatoms. The molecule has 1 amide bonds. The fourth-order valence-electron chi connectivity index (χ4n) is 2.73. The van der Waals surface area contributed by atoms with Gasteiger partial charge in [0.05, 0.1) is 12.2 Å². The summed E-state index contributed by atoms with van der Waals surface area (Å²) in [4.78, 5) is 14.1. The van der Waals surface area contributed by atoms with E-state index in [1.165, 1.54) is 5.56 Å². The lowest BCUT2D eigenvalue weighted by molar-refractivity contribution is -0.121. The number of amides is 1. The maximum absolute atomic E-state index is 12.3. The molecule has 1 aliphatic rings. The van der Waals surface area contributed by atoms with E-state index < -0.39 is 0 Å². The Morgan fingerprint density at radius 3 is 2.65 bits per heavy atom. The SMILES string of the molecule is CCC(N)c1ccc2c(c1)N(Cc1ccc(C)cc1)C(=O)CO2. The lowest BCUT2D eigenvalue weighted by atomic mass is 10.0. The number of aryl methyl sites for hydroxylation is 1. The number of fused-ring (bicyclic) bond motifs is 1. The minimum atomic E-state index is -0.0291.